The Morgan fingerprint density at radius 2 is 1.97 bits per heavy atom. The number of aryl methyl sites for hydroxylation is 1. The van der Waals surface area contributed by atoms with Gasteiger partial charge in [0.25, 0.3) is 10.0 Å². The molecule has 0 unspecified atom stereocenters. The number of aromatic nitrogens is 4. The summed E-state index contributed by atoms with van der Waals surface area (Å²) in [6, 6.07) is -0.132. The number of ether oxygens (including phenoxy) is 2. The number of rotatable bonds is 8. The molecule has 1 amide bonds. The highest BCUT2D eigenvalue weighted by atomic mass is 79.9. The molecule has 2 aromatic heterocycles. The zero-order valence-corrected chi connectivity index (χ0v) is 21.2. The van der Waals surface area contributed by atoms with Gasteiger partial charge in [-0.3, -0.25) is 0 Å². The number of hydrogen-bond donors (Lipinski definition) is 1. The average molecular weight is 521 g/mol. The lowest BCUT2D eigenvalue weighted by atomic mass is 10.2. The molecule has 13 heteroatoms. The summed E-state index contributed by atoms with van der Waals surface area (Å²) in [6.45, 7) is 10.1. The van der Waals surface area contributed by atoms with E-state index in [-0.39, 0.29) is 6.04 Å². The van der Waals surface area contributed by atoms with Crippen LogP contribution in [0.4, 0.5) is 10.7 Å². The Hall–Kier alpha value is -1.99. The van der Waals surface area contributed by atoms with Crippen LogP contribution in [0.15, 0.2) is 4.60 Å². The van der Waals surface area contributed by atoms with Crippen molar-refractivity contribution in [3.8, 4) is 0 Å². The van der Waals surface area contributed by atoms with E-state index in [1.165, 1.54) is 4.90 Å². The molecule has 0 fully saturated rings. The Morgan fingerprint density at radius 3 is 2.55 bits per heavy atom. The first-order valence-corrected chi connectivity index (χ1v) is 12.2. The third kappa shape index (κ3) is 7.01. The van der Waals surface area contributed by atoms with E-state index >= 15 is 0 Å². The molecule has 0 saturated carbocycles. The quantitative estimate of drug-likeness (QED) is 0.521. The van der Waals surface area contributed by atoms with E-state index in [1.807, 2.05) is 27.7 Å². The van der Waals surface area contributed by atoms with Crippen molar-refractivity contribution < 1.29 is 22.7 Å². The number of nitrogens with one attached hydrogen (secondary N) is 1. The maximum Gasteiger partial charge on any atom is 0.410 e. The first-order valence-electron chi connectivity index (χ1n) is 9.61. The third-order valence-corrected chi connectivity index (χ3v) is 5.38. The van der Waals surface area contributed by atoms with Crippen LogP contribution >= 0.6 is 15.9 Å². The maximum atomic E-state index is 11.9. The number of carbonyl (C=O) groups is 1. The molecule has 1 N–H and O–H groups in total. The van der Waals surface area contributed by atoms with Gasteiger partial charge in [-0.2, -0.15) is 4.09 Å². The molecule has 0 bridgehead atoms. The molecule has 1 atom stereocenters. The second kappa shape index (κ2) is 9.65. The van der Waals surface area contributed by atoms with Gasteiger partial charge in [0.2, 0.25) is 5.95 Å². The zero-order chi connectivity index (χ0) is 23.6. The molecular formula is C18H29BrN6O5S. The number of anilines is 1. The second-order valence-electron chi connectivity index (χ2n) is 8.25. The van der Waals surface area contributed by atoms with Crippen molar-refractivity contribution in [1.29, 1.82) is 0 Å². The van der Waals surface area contributed by atoms with E-state index in [2.05, 4.69) is 36.3 Å². The van der Waals surface area contributed by atoms with Crippen molar-refractivity contribution in [1.82, 2.24) is 24.1 Å². The lowest BCUT2D eigenvalue weighted by Crippen LogP contribution is -2.36. The molecule has 0 aromatic carbocycles. The van der Waals surface area contributed by atoms with Gasteiger partial charge in [-0.25, -0.2) is 23.2 Å². The van der Waals surface area contributed by atoms with Gasteiger partial charge >= 0.3 is 6.09 Å². The van der Waals surface area contributed by atoms with Crippen molar-refractivity contribution in [3.05, 3.63) is 10.3 Å². The third-order valence-electron chi connectivity index (χ3n) is 3.96. The highest BCUT2D eigenvalue weighted by Crippen LogP contribution is 2.25. The van der Waals surface area contributed by atoms with Crippen LogP contribution in [0, 0.1) is 6.92 Å². The summed E-state index contributed by atoms with van der Waals surface area (Å²) in [7, 11) is -1.93. The Kier molecular flexibility index (Phi) is 7.87. The first kappa shape index (κ1) is 25.3. The van der Waals surface area contributed by atoms with Gasteiger partial charge in [-0.15, -0.1) is 5.10 Å². The minimum absolute atomic E-state index is 0.132. The largest absolute Gasteiger partial charge is 0.444 e. The second-order valence-corrected chi connectivity index (χ2v) is 10.8. The first-order chi connectivity index (χ1) is 14.2. The summed E-state index contributed by atoms with van der Waals surface area (Å²) in [4.78, 5) is 22.1. The normalized spacial score (nSPS) is 13.3. The Bertz CT molecular complexity index is 1050. The van der Waals surface area contributed by atoms with Crippen molar-refractivity contribution in [3.63, 3.8) is 0 Å². The fraction of sp³-hybridized carbons (Fsp3) is 0.667. The SMILES string of the molecule is Cc1nc(N[C@H](C)COCCN(C)C(=O)OC(C)(C)C)nc2c(Br)nn(S(C)(=O)=O)c12. The minimum atomic E-state index is -3.59. The number of fused-ring (bicyclic) bond motifs is 1. The maximum absolute atomic E-state index is 11.9. The van der Waals surface area contributed by atoms with E-state index in [0.29, 0.717) is 47.0 Å². The van der Waals surface area contributed by atoms with E-state index < -0.39 is 21.7 Å². The number of nitrogens with zero attached hydrogens (tertiary/aromatic N) is 5. The van der Waals surface area contributed by atoms with Crippen molar-refractivity contribution >= 4 is 49.0 Å². The van der Waals surface area contributed by atoms with Gasteiger partial charge < -0.3 is 19.7 Å². The van der Waals surface area contributed by atoms with Gasteiger partial charge in [0, 0.05) is 19.6 Å². The van der Waals surface area contributed by atoms with E-state index in [9.17, 15) is 13.2 Å². The fourth-order valence-electron chi connectivity index (χ4n) is 2.58. The fourth-order valence-corrected chi connectivity index (χ4v) is 3.90. The molecule has 31 heavy (non-hydrogen) atoms. The van der Waals surface area contributed by atoms with Crippen LogP contribution in [0.25, 0.3) is 11.0 Å². The van der Waals surface area contributed by atoms with Crippen LogP contribution in [0.3, 0.4) is 0 Å². The molecule has 0 spiro atoms. The zero-order valence-electron chi connectivity index (χ0n) is 18.8. The minimum Gasteiger partial charge on any atom is -0.444 e. The molecule has 2 rings (SSSR count). The summed E-state index contributed by atoms with van der Waals surface area (Å²) in [5.41, 5.74) is 0.654. The molecular weight excluding hydrogens is 492 g/mol. The molecule has 0 aliphatic rings. The number of carbonyl (C=O) groups excluding carboxylic acids is 1. The lowest BCUT2D eigenvalue weighted by molar-refractivity contribution is 0.0229. The Balaban J connectivity index is 1.94. The Labute approximate surface area is 190 Å². The molecule has 174 valence electrons. The van der Waals surface area contributed by atoms with Gasteiger partial charge in [0.1, 0.15) is 16.6 Å². The topological polar surface area (TPSA) is 129 Å². The summed E-state index contributed by atoms with van der Waals surface area (Å²) in [5, 5.41) is 7.14. The number of amides is 1. The van der Waals surface area contributed by atoms with Crippen LogP contribution in [-0.2, 0) is 19.5 Å². The van der Waals surface area contributed by atoms with Crippen LogP contribution in [-0.4, -0.2) is 83.3 Å². The molecule has 0 aliphatic carbocycles. The van der Waals surface area contributed by atoms with Gasteiger partial charge in [0.15, 0.2) is 4.60 Å². The highest BCUT2D eigenvalue weighted by Gasteiger charge is 2.21. The van der Waals surface area contributed by atoms with Crippen molar-refractivity contribution in [2.24, 2.45) is 0 Å². The number of halogens is 1. The van der Waals surface area contributed by atoms with E-state index in [1.54, 1.807) is 14.0 Å². The summed E-state index contributed by atoms with van der Waals surface area (Å²) in [5.74, 6) is 0.334. The monoisotopic (exact) mass is 520 g/mol. The van der Waals surface area contributed by atoms with Crippen LogP contribution in [0.2, 0.25) is 0 Å². The van der Waals surface area contributed by atoms with Crippen molar-refractivity contribution in [2.45, 2.75) is 46.3 Å². The molecule has 11 nitrogen and oxygen atoms in total. The smallest absolute Gasteiger partial charge is 0.410 e. The lowest BCUT2D eigenvalue weighted by Gasteiger charge is -2.24. The summed E-state index contributed by atoms with van der Waals surface area (Å²) >= 11 is 3.26. The van der Waals surface area contributed by atoms with Crippen LogP contribution in [0.1, 0.15) is 33.4 Å². The molecule has 2 heterocycles. The van der Waals surface area contributed by atoms with Crippen LogP contribution < -0.4 is 5.32 Å². The van der Waals surface area contributed by atoms with Gasteiger partial charge in [-0.05, 0) is 50.5 Å². The van der Waals surface area contributed by atoms with Gasteiger partial charge in [-0.1, -0.05) is 0 Å². The predicted molar refractivity (Wildman–Crippen MR) is 121 cm³/mol. The molecule has 0 radical (unpaired) electrons. The molecule has 0 aliphatic heterocycles. The summed E-state index contributed by atoms with van der Waals surface area (Å²) < 4.78 is 36.0. The van der Waals surface area contributed by atoms with Crippen molar-refractivity contribution in [2.75, 3.05) is 38.4 Å². The standard InChI is InChI=1S/C18H29BrN6O5S/c1-11(10-29-9-8-24(6)17(26)30-18(3,4)5)20-16-21-12(2)14-13(22-16)15(19)23-25(14)31(7,27)28/h11H,8-10H2,1-7H3,(H,20,21,22)/t11-/m1/s1. The predicted octanol–water partition coefficient (Wildman–Crippen LogP) is 2.39. The molecule has 2 aromatic rings. The highest BCUT2D eigenvalue weighted by molar-refractivity contribution is 9.10. The van der Waals surface area contributed by atoms with E-state index in [4.69, 9.17) is 9.47 Å². The average Bonchev–Trinajstić information content (AvgIpc) is 2.95. The van der Waals surface area contributed by atoms with Gasteiger partial charge in [0.05, 0.1) is 25.2 Å². The number of hydrogen-bond acceptors (Lipinski definition) is 9. The Morgan fingerprint density at radius 1 is 1.32 bits per heavy atom. The van der Waals surface area contributed by atoms with Crippen LogP contribution in [0.5, 0.6) is 0 Å². The van der Waals surface area contributed by atoms with E-state index in [0.717, 1.165) is 10.3 Å². The number of likely N-dealkylation sites (N-methyl/N-ethyl adjacent to an activating group) is 1. The summed E-state index contributed by atoms with van der Waals surface area (Å²) in [6.07, 6.45) is 0.664. The molecule has 0 saturated heterocycles.